The van der Waals surface area contributed by atoms with Crippen molar-refractivity contribution in [3.63, 3.8) is 0 Å². The molecule has 0 spiro atoms. The monoisotopic (exact) mass is 628 g/mol. The Morgan fingerprint density at radius 2 is 1.79 bits per heavy atom. The van der Waals surface area contributed by atoms with Gasteiger partial charge in [-0.05, 0) is 38.4 Å². The molecule has 4 rings (SSSR count). The van der Waals surface area contributed by atoms with Gasteiger partial charge in [-0.3, -0.25) is 0 Å². The van der Waals surface area contributed by atoms with E-state index in [0.29, 0.717) is 35.3 Å². The number of halogens is 4. The third-order valence-electron chi connectivity index (χ3n) is 7.03. The van der Waals surface area contributed by atoms with Gasteiger partial charge in [-0.25, -0.2) is 26.5 Å². The van der Waals surface area contributed by atoms with Gasteiger partial charge in [0.1, 0.15) is 28.2 Å². The zero-order valence-electron chi connectivity index (χ0n) is 23.8. The van der Waals surface area contributed by atoms with Crippen LogP contribution >= 0.6 is 11.6 Å². The highest BCUT2D eigenvalue weighted by Gasteiger charge is 2.39. The molecule has 42 heavy (non-hydrogen) atoms. The zero-order chi connectivity index (χ0) is 30.8. The lowest BCUT2D eigenvalue weighted by atomic mass is 10.1. The van der Waals surface area contributed by atoms with Crippen LogP contribution in [0, 0.1) is 23.5 Å². The van der Waals surface area contributed by atoms with Gasteiger partial charge in [0.2, 0.25) is 5.95 Å². The summed E-state index contributed by atoms with van der Waals surface area (Å²) in [5, 5.41) is -0.565. The maximum Gasteiger partial charge on any atom is 0.271 e. The standard InChI is InChI=1S/C28H32ClF3N4O5S/c1-34(2)13-18-14-35(16-23(18)41-5)21-12-20(30)28(27(32)26(21)29)42(37,38)36(25-8-6-7-24(31)33-25)15-17-9-10-19(39-3)11-22(17)40-4/h6-12,18,23H,13-16H2,1-5H3/t18-,23-/m1/s1. The van der Waals surface area contributed by atoms with Crippen LogP contribution in [0.3, 0.4) is 0 Å². The molecule has 2 aromatic carbocycles. The molecule has 0 unspecified atom stereocenters. The minimum Gasteiger partial charge on any atom is -0.497 e. The van der Waals surface area contributed by atoms with Crippen molar-refractivity contribution in [2.45, 2.75) is 17.5 Å². The minimum absolute atomic E-state index is 0.00109. The van der Waals surface area contributed by atoms with E-state index < -0.39 is 49.9 Å². The predicted molar refractivity (Wildman–Crippen MR) is 154 cm³/mol. The van der Waals surface area contributed by atoms with E-state index >= 15 is 8.78 Å². The summed E-state index contributed by atoms with van der Waals surface area (Å²) < 4.78 is 90.6. The van der Waals surface area contributed by atoms with Gasteiger partial charge >= 0.3 is 0 Å². The van der Waals surface area contributed by atoms with E-state index in [0.717, 1.165) is 12.1 Å². The number of nitrogens with zero attached hydrogens (tertiary/aromatic N) is 4. The van der Waals surface area contributed by atoms with Crippen molar-refractivity contribution < 1.29 is 35.8 Å². The van der Waals surface area contributed by atoms with Crippen LogP contribution in [0.15, 0.2) is 47.4 Å². The molecule has 0 radical (unpaired) electrons. The van der Waals surface area contributed by atoms with Gasteiger partial charge in [0.15, 0.2) is 10.7 Å². The Morgan fingerprint density at radius 1 is 1.05 bits per heavy atom. The predicted octanol–water partition coefficient (Wildman–Crippen LogP) is 4.58. The van der Waals surface area contributed by atoms with E-state index in [1.54, 1.807) is 18.1 Å². The number of pyridine rings is 1. The maximum atomic E-state index is 15.9. The molecule has 0 aliphatic carbocycles. The van der Waals surface area contributed by atoms with Gasteiger partial charge in [0.25, 0.3) is 10.0 Å². The highest BCUT2D eigenvalue weighted by Crippen LogP contribution is 2.40. The number of aromatic nitrogens is 1. The van der Waals surface area contributed by atoms with E-state index in [4.69, 9.17) is 25.8 Å². The summed E-state index contributed by atoms with van der Waals surface area (Å²) in [6.45, 7) is 0.848. The second-order valence-electron chi connectivity index (χ2n) is 10.0. The number of rotatable bonds is 11. The SMILES string of the molecule is COc1ccc(CN(c2cccc(F)n2)S(=O)(=O)c2c(F)cc(N3C[C@@H](CN(C)C)[C@H](OC)C3)c(Cl)c2F)c(OC)c1. The van der Waals surface area contributed by atoms with Crippen molar-refractivity contribution in [3.8, 4) is 11.5 Å². The Kier molecular flexibility index (Phi) is 9.76. The zero-order valence-corrected chi connectivity index (χ0v) is 25.3. The Bertz CT molecular complexity index is 1550. The first kappa shape index (κ1) is 31.7. The summed E-state index contributed by atoms with van der Waals surface area (Å²) in [5.41, 5.74) is 0.298. The third-order valence-corrected chi connectivity index (χ3v) is 9.18. The molecule has 2 atom stereocenters. The molecule has 1 aliphatic rings. The van der Waals surface area contributed by atoms with E-state index in [2.05, 4.69) is 4.98 Å². The Morgan fingerprint density at radius 3 is 2.40 bits per heavy atom. The lowest BCUT2D eigenvalue weighted by Gasteiger charge is -2.26. The van der Waals surface area contributed by atoms with Gasteiger partial charge < -0.3 is 24.0 Å². The van der Waals surface area contributed by atoms with Gasteiger partial charge in [0, 0.05) is 50.4 Å². The van der Waals surface area contributed by atoms with Crippen LogP contribution in [-0.2, 0) is 21.3 Å². The Labute approximate surface area is 248 Å². The Balaban J connectivity index is 1.79. The summed E-state index contributed by atoms with van der Waals surface area (Å²) in [5.74, 6) is -3.55. The smallest absolute Gasteiger partial charge is 0.271 e. The number of sulfonamides is 1. The number of hydrogen-bond donors (Lipinski definition) is 0. The molecule has 0 amide bonds. The molecule has 3 aromatic rings. The number of methoxy groups -OCH3 is 3. The van der Waals surface area contributed by atoms with Crippen molar-refractivity contribution in [1.82, 2.24) is 9.88 Å². The van der Waals surface area contributed by atoms with Crippen LogP contribution in [0.2, 0.25) is 5.02 Å². The van der Waals surface area contributed by atoms with E-state index in [1.165, 1.54) is 38.5 Å². The largest absolute Gasteiger partial charge is 0.497 e. The molecule has 1 fully saturated rings. The fourth-order valence-corrected chi connectivity index (χ4v) is 6.89. The highest BCUT2D eigenvalue weighted by atomic mass is 35.5. The molecule has 1 aromatic heterocycles. The first-order valence-corrected chi connectivity index (χ1v) is 14.7. The van der Waals surface area contributed by atoms with Crippen molar-refractivity contribution in [2.24, 2.45) is 5.92 Å². The van der Waals surface area contributed by atoms with Crippen LogP contribution in [-0.4, -0.2) is 79.5 Å². The Hall–Kier alpha value is -3.26. The molecule has 1 aliphatic heterocycles. The first-order valence-electron chi connectivity index (χ1n) is 12.9. The molecule has 228 valence electrons. The van der Waals surface area contributed by atoms with Crippen molar-refractivity contribution in [2.75, 3.05) is 64.3 Å². The molecule has 0 N–H and O–H groups in total. The maximum absolute atomic E-state index is 15.9. The fourth-order valence-electron chi connectivity index (χ4n) is 5.05. The number of benzene rings is 2. The van der Waals surface area contributed by atoms with Gasteiger partial charge in [-0.2, -0.15) is 4.39 Å². The molecule has 9 nitrogen and oxygen atoms in total. The summed E-state index contributed by atoms with van der Waals surface area (Å²) >= 11 is 6.39. The van der Waals surface area contributed by atoms with Crippen LogP contribution in [0.5, 0.6) is 11.5 Å². The molecule has 1 saturated heterocycles. The van der Waals surface area contributed by atoms with Crippen LogP contribution < -0.4 is 18.7 Å². The van der Waals surface area contributed by atoms with E-state index in [-0.39, 0.29) is 23.5 Å². The highest BCUT2D eigenvalue weighted by molar-refractivity contribution is 7.92. The van der Waals surface area contributed by atoms with Crippen LogP contribution in [0.1, 0.15) is 5.56 Å². The molecule has 2 heterocycles. The number of anilines is 2. The number of hydrogen-bond acceptors (Lipinski definition) is 8. The summed E-state index contributed by atoms with van der Waals surface area (Å²) in [7, 11) is 3.14. The lowest BCUT2D eigenvalue weighted by molar-refractivity contribution is 0.0733. The van der Waals surface area contributed by atoms with Crippen molar-refractivity contribution in [1.29, 1.82) is 0 Å². The number of ether oxygens (including phenoxy) is 3. The molecule has 0 saturated carbocycles. The van der Waals surface area contributed by atoms with Crippen LogP contribution in [0.25, 0.3) is 0 Å². The third kappa shape index (κ3) is 6.38. The second-order valence-corrected chi connectivity index (χ2v) is 12.2. The quantitative estimate of drug-likeness (QED) is 0.226. The van der Waals surface area contributed by atoms with Crippen LogP contribution in [0.4, 0.5) is 24.7 Å². The van der Waals surface area contributed by atoms with Gasteiger partial charge in [-0.15, -0.1) is 0 Å². The summed E-state index contributed by atoms with van der Waals surface area (Å²) in [6, 6.07) is 8.95. The molecular weight excluding hydrogens is 597 g/mol. The molecular formula is C28H32ClF3N4O5S. The fraction of sp³-hybridized carbons (Fsp3) is 0.393. The van der Waals surface area contributed by atoms with Crippen molar-refractivity contribution in [3.05, 3.63) is 70.6 Å². The van der Waals surface area contributed by atoms with E-state index in [1.807, 2.05) is 19.0 Å². The molecule has 0 bridgehead atoms. The second kappa shape index (κ2) is 12.9. The summed E-state index contributed by atoms with van der Waals surface area (Å²) in [4.78, 5) is 6.03. The normalized spacial score (nSPS) is 17.1. The average molecular weight is 629 g/mol. The van der Waals surface area contributed by atoms with Gasteiger partial charge in [-0.1, -0.05) is 17.7 Å². The average Bonchev–Trinajstić information content (AvgIpc) is 3.35. The lowest BCUT2D eigenvalue weighted by Crippen LogP contribution is -2.33. The first-order chi connectivity index (χ1) is 19.9. The molecule has 14 heteroatoms. The van der Waals surface area contributed by atoms with E-state index in [9.17, 15) is 12.8 Å². The van der Waals surface area contributed by atoms with Gasteiger partial charge in [0.05, 0.1) is 32.6 Å². The minimum atomic E-state index is -5.04. The summed E-state index contributed by atoms with van der Waals surface area (Å²) in [6.07, 6.45) is -0.230. The topological polar surface area (TPSA) is 84.4 Å². The van der Waals surface area contributed by atoms with Crippen molar-refractivity contribution >= 4 is 33.1 Å².